The summed E-state index contributed by atoms with van der Waals surface area (Å²) in [5.41, 5.74) is 0.696. The van der Waals surface area contributed by atoms with E-state index >= 15 is 0 Å². The van der Waals surface area contributed by atoms with Gasteiger partial charge in [-0.1, -0.05) is 6.08 Å². The van der Waals surface area contributed by atoms with E-state index in [1.54, 1.807) is 0 Å². The maximum Gasteiger partial charge on any atom is 0.334 e. The monoisotopic (exact) mass is 185 g/mol. The molecular formula is C9H15NO3. The fourth-order valence-electron chi connectivity index (χ4n) is 1.42. The highest BCUT2D eigenvalue weighted by Crippen LogP contribution is 2.09. The molecule has 1 heterocycles. The molecule has 0 aromatic carbocycles. The molecule has 0 unspecified atom stereocenters. The number of esters is 1. The van der Waals surface area contributed by atoms with Gasteiger partial charge in [0.25, 0.3) is 0 Å². The fourth-order valence-corrected chi connectivity index (χ4v) is 1.42. The highest BCUT2D eigenvalue weighted by Gasteiger charge is 2.17. The van der Waals surface area contributed by atoms with E-state index in [-0.39, 0.29) is 12.6 Å². The van der Waals surface area contributed by atoms with E-state index in [1.807, 2.05) is 11.0 Å². The lowest BCUT2D eigenvalue weighted by molar-refractivity contribution is -0.136. The van der Waals surface area contributed by atoms with E-state index in [4.69, 9.17) is 5.11 Å². The second-order valence-corrected chi connectivity index (χ2v) is 3.01. The van der Waals surface area contributed by atoms with Gasteiger partial charge in [-0.3, -0.25) is 4.90 Å². The first kappa shape index (κ1) is 10.2. The number of aliphatic hydroxyl groups is 1. The number of nitrogens with zero attached hydrogens (tertiary/aromatic N) is 1. The van der Waals surface area contributed by atoms with Crippen LogP contribution in [-0.2, 0) is 9.53 Å². The number of hydrogen-bond acceptors (Lipinski definition) is 4. The van der Waals surface area contributed by atoms with Gasteiger partial charge in [0.1, 0.15) is 0 Å². The van der Waals surface area contributed by atoms with Gasteiger partial charge in [-0.05, 0) is 6.42 Å². The van der Waals surface area contributed by atoms with Gasteiger partial charge in [-0.15, -0.1) is 0 Å². The van der Waals surface area contributed by atoms with Gasteiger partial charge < -0.3 is 9.84 Å². The molecular weight excluding hydrogens is 170 g/mol. The Balaban J connectivity index is 2.49. The smallest absolute Gasteiger partial charge is 0.334 e. The van der Waals surface area contributed by atoms with E-state index in [0.717, 1.165) is 13.0 Å². The molecule has 0 aromatic heterocycles. The lowest BCUT2D eigenvalue weighted by atomic mass is 10.1. The molecule has 0 fully saturated rings. The Morgan fingerprint density at radius 2 is 2.54 bits per heavy atom. The zero-order chi connectivity index (χ0) is 9.68. The molecule has 4 nitrogen and oxygen atoms in total. The summed E-state index contributed by atoms with van der Waals surface area (Å²) in [4.78, 5) is 13.2. The van der Waals surface area contributed by atoms with Crippen molar-refractivity contribution in [3.05, 3.63) is 11.6 Å². The van der Waals surface area contributed by atoms with Crippen molar-refractivity contribution in [1.29, 1.82) is 0 Å². The number of carbonyl (C=O) groups excluding carboxylic acids is 1. The van der Waals surface area contributed by atoms with Crippen LogP contribution in [0.2, 0.25) is 0 Å². The Kier molecular flexibility index (Phi) is 3.92. The lowest BCUT2D eigenvalue weighted by Crippen LogP contribution is -2.34. The highest BCUT2D eigenvalue weighted by molar-refractivity contribution is 5.88. The second-order valence-electron chi connectivity index (χ2n) is 3.01. The normalized spacial score (nSPS) is 18.2. The number of aliphatic hydroxyl groups excluding tert-OH is 1. The van der Waals surface area contributed by atoms with Gasteiger partial charge in [0, 0.05) is 25.2 Å². The van der Waals surface area contributed by atoms with Gasteiger partial charge in [0.15, 0.2) is 0 Å². The molecule has 0 radical (unpaired) electrons. The van der Waals surface area contributed by atoms with E-state index in [2.05, 4.69) is 4.74 Å². The highest BCUT2D eigenvalue weighted by atomic mass is 16.5. The van der Waals surface area contributed by atoms with Crippen molar-refractivity contribution >= 4 is 5.97 Å². The van der Waals surface area contributed by atoms with E-state index in [0.29, 0.717) is 18.7 Å². The standard InChI is InChI=1S/C9H15NO3/c1-13-9(12)8-3-2-4-10(7-8)5-6-11/h3,11H,2,4-7H2,1H3. The summed E-state index contributed by atoms with van der Waals surface area (Å²) in [6, 6.07) is 0. The molecule has 0 spiro atoms. The average molecular weight is 185 g/mol. The lowest BCUT2D eigenvalue weighted by Gasteiger charge is -2.25. The zero-order valence-electron chi connectivity index (χ0n) is 7.82. The molecule has 13 heavy (non-hydrogen) atoms. The van der Waals surface area contributed by atoms with Crippen LogP contribution >= 0.6 is 0 Å². The number of methoxy groups -OCH3 is 1. The molecule has 0 bridgehead atoms. The van der Waals surface area contributed by atoms with Crippen molar-refractivity contribution < 1.29 is 14.6 Å². The first-order chi connectivity index (χ1) is 6.27. The van der Waals surface area contributed by atoms with E-state index in [1.165, 1.54) is 7.11 Å². The van der Waals surface area contributed by atoms with Crippen LogP contribution in [0.1, 0.15) is 6.42 Å². The van der Waals surface area contributed by atoms with Crippen LogP contribution in [0, 0.1) is 0 Å². The zero-order valence-corrected chi connectivity index (χ0v) is 7.82. The van der Waals surface area contributed by atoms with Crippen LogP contribution in [-0.4, -0.2) is 49.3 Å². The molecule has 0 amide bonds. The SMILES string of the molecule is COC(=O)C1=CCCN(CCO)C1. The van der Waals surface area contributed by atoms with Crippen molar-refractivity contribution in [3.63, 3.8) is 0 Å². The quantitative estimate of drug-likeness (QED) is 0.618. The fraction of sp³-hybridized carbons (Fsp3) is 0.667. The van der Waals surface area contributed by atoms with Crippen LogP contribution in [0.25, 0.3) is 0 Å². The number of β-amino-alcohol motifs (C(OH)–C–C–N with tert-alkyl or cyclic N) is 1. The minimum absolute atomic E-state index is 0.133. The Morgan fingerprint density at radius 3 is 3.15 bits per heavy atom. The summed E-state index contributed by atoms with van der Waals surface area (Å²) in [6.07, 6.45) is 2.75. The largest absolute Gasteiger partial charge is 0.466 e. The van der Waals surface area contributed by atoms with Gasteiger partial charge in [0.2, 0.25) is 0 Å². The third kappa shape index (κ3) is 2.82. The van der Waals surface area contributed by atoms with E-state index < -0.39 is 0 Å². The van der Waals surface area contributed by atoms with Gasteiger partial charge in [0.05, 0.1) is 13.7 Å². The van der Waals surface area contributed by atoms with Crippen molar-refractivity contribution in [2.24, 2.45) is 0 Å². The molecule has 1 rings (SSSR count). The van der Waals surface area contributed by atoms with Crippen molar-refractivity contribution in [3.8, 4) is 0 Å². The van der Waals surface area contributed by atoms with Crippen LogP contribution in [0.5, 0.6) is 0 Å². The Labute approximate surface area is 77.8 Å². The van der Waals surface area contributed by atoms with Crippen molar-refractivity contribution in [1.82, 2.24) is 4.90 Å². The van der Waals surface area contributed by atoms with Crippen LogP contribution in [0.3, 0.4) is 0 Å². The molecule has 1 aliphatic heterocycles. The molecule has 0 atom stereocenters. The first-order valence-electron chi connectivity index (χ1n) is 4.38. The van der Waals surface area contributed by atoms with Crippen molar-refractivity contribution in [2.75, 3.05) is 33.4 Å². The van der Waals surface area contributed by atoms with Gasteiger partial charge in [-0.2, -0.15) is 0 Å². The summed E-state index contributed by atoms with van der Waals surface area (Å²) in [7, 11) is 1.38. The molecule has 1 N–H and O–H groups in total. The molecule has 1 aliphatic rings. The maximum absolute atomic E-state index is 11.1. The van der Waals surface area contributed by atoms with Crippen LogP contribution < -0.4 is 0 Å². The third-order valence-electron chi connectivity index (χ3n) is 2.09. The minimum atomic E-state index is -0.261. The molecule has 0 aliphatic carbocycles. The average Bonchev–Trinajstić information content (AvgIpc) is 2.18. The molecule has 0 aromatic rings. The Morgan fingerprint density at radius 1 is 1.77 bits per heavy atom. The minimum Gasteiger partial charge on any atom is -0.466 e. The van der Waals surface area contributed by atoms with Gasteiger partial charge >= 0.3 is 5.97 Å². The molecule has 0 saturated carbocycles. The second kappa shape index (κ2) is 4.99. The summed E-state index contributed by atoms with van der Waals surface area (Å²) in [6.45, 7) is 2.25. The van der Waals surface area contributed by atoms with Crippen LogP contribution in [0.4, 0.5) is 0 Å². The van der Waals surface area contributed by atoms with E-state index in [9.17, 15) is 4.79 Å². The number of carbonyl (C=O) groups is 1. The first-order valence-corrected chi connectivity index (χ1v) is 4.38. The van der Waals surface area contributed by atoms with Crippen LogP contribution in [0.15, 0.2) is 11.6 Å². The molecule has 74 valence electrons. The maximum atomic E-state index is 11.1. The number of rotatable bonds is 3. The summed E-state index contributed by atoms with van der Waals surface area (Å²) in [5.74, 6) is -0.261. The Hall–Kier alpha value is -0.870. The Bertz CT molecular complexity index is 213. The van der Waals surface area contributed by atoms with Gasteiger partial charge in [-0.25, -0.2) is 4.79 Å². The topological polar surface area (TPSA) is 49.8 Å². The predicted molar refractivity (Wildman–Crippen MR) is 48.2 cm³/mol. The predicted octanol–water partition coefficient (Wildman–Crippen LogP) is -0.216. The van der Waals surface area contributed by atoms with Crippen molar-refractivity contribution in [2.45, 2.75) is 6.42 Å². The molecule has 0 saturated heterocycles. The summed E-state index contributed by atoms with van der Waals surface area (Å²) < 4.78 is 4.62. The number of hydrogen-bond donors (Lipinski definition) is 1. The summed E-state index contributed by atoms with van der Waals surface area (Å²) in [5, 5.41) is 8.72. The number of ether oxygens (including phenoxy) is 1. The molecule has 4 heteroatoms. The summed E-state index contributed by atoms with van der Waals surface area (Å²) >= 11 is 0. The third-order valence-corrected chi connectivity index (χ3v) is 2.09.